The van der Waals surface area contributed by atoms with Gasteiger partial charge in [-0.1, -0.05) is 26.8 Å². The summed E-state index contributed by atoms with van der Waals surface area (Å²) in [7, 11) is 0. The zero-order valence-electron chi connectivity index (χ0n) is 10.8. The van der Waals surface area contributed by atoms with Crippen molar-refractivity contribution in [3.63, 3.8) is 0 Å². The number of benzene rings is 1. The summed E-state index contributed by atoms with van der Waals surface area (Å²) in [5, 5.41) is 3.32. The lowest BCUT2D eigenvalue weighted by Gasteiger charge is -2.14. The maximum Gasteiger partial charge on any atom is 0.129 e. The van der Waals surface area contributed by atoms with Crippen LogP contribution in [-0.4, -0.2) is 13.1 Å². The van der Waals surface area contributed by atoms with Crippen molar-refractivity contribution in [1.29, 1.82) is 0 Å². The zero-order valence-corrected chi connectivity index (χ0v) is 10.8. The number of rotatable bonds is 6. The fourth-order valence-electron chi connectivity index (χ4n) is 1.77. The fourth-order valence-corrected chi connectivity index (χ4v) is 1.77. The molecule has 0 aliphatic carbocycles. The van der Waals surface area contributed by atoms with Gasteiger partial charge in [0.2, 0.25) is 0 Å². The van der Waals surface area contributed by atoms with Gasteiger partial charge in [-0.25, -0.2) is 8.78 Å². The van der Waals surface area contributed by atoms with E-state index in [9.17, 15) is 8.78 Å². The monoisotopic (exact) mass is 241 g/mol. The lowest BCUT2D eigenvalue weighted by atomic mass is 9.97. The molecule has 0 saturated heterocycles. The van der Waals surface area contributed by atoms with Crippen LogP contribution in [-0.2, 0) is 0 Å². The Labute approximate surface area is 102 Å². The molecular weight excluding hydrogens is 220 g/mol. The molecule has 96 valence electrons. The molecule has 0 heterocycles. The van der Waals surface area contributed by atoms with E-state index >= 15 is 0 Å². The van der Waals surface area contributed by atoms with Gasteiger partial charge in [0.1, 0.15) is 11.6 Å². The van der Waals surface area contributed by atoms with E-state index in [0.717, 1.165) is 25.6 Å². The van der Waals surface area contributed by atoms with Crippen molar-refractivity contribution in [2.75, 3.05) is 13.1 Å². The van der Waals surface area contributed by atoms with Gasteiger partial charge in [0.15, 0.2) is 0 Å². The molecule has 3 heteroatoms. The number of hydrogen-bond acceptors (Lipinski definition) is 1. The lowest BCUT2D eigenvalue weighted by molar-refractivity contribution is 0.510. The van der Waals surface area contributed by atoms with Crippen LogP contribution in [0.25, 0.3) is 0 Å². The van der Waals surface area contributed by atoms with E-state index in [1.165, 1.54) is 12.1 Å². The smallest absolute Gasteiger partial charge is 0.129 e. The molecule has 0 radical (unpaired) electrons. The molecule has 0 fully saturated rings. The predicted octanol–water partition coefficient (Wildman–Crippen LogP) is 3.70. The highest BCUT2D eigenvalue weighted by atomic mass is 19.1. The number of halogens is 2. The number of hydrogen-bond donors (Lipinski definition) is 1. The predicted molar refractivity (Wildman–Crippen MR) is 67.1 cm³/mol. The van der Waals surface area contributed by atoms with Gasteiger partial charge in [-0.3, -0.25) is 0 Å². The first-order chi connectivity index (χ1) is 8.00. The molecule has 0 aromatic heterocycles. The van der Waals surface area contributed by atoms with Crippen LogP contribution in [0, 0.1) is 17.6 Å². The summed E-state index contributed by atoms with van der Waals surface area (Å²) in [6.45, 7) is 8.09. The average molecular weight is 241 g/mol. The molecule has 1 unspecified atom stereocenters. The van der Waals surface area contributed by atoms with Crippen LogP contribution in [0.5, 0.6) is 0 Å². The summed E-state index contributed by atoms with van der Waals surface area (Å²) in [4.78, 5) is 0. The SMILES string of the molecule is CC(C)CNCCC(C)c1ccc(F)cc1F. The highest BCUT2D eigenvalue weighted by Gasteiger charge is 2.11. The van der Waals surface area contributed by atoms with Crippen molar-refractivity contribution >= 4 is 0 Å². The van der Waals surface area contributed by atoms with Crippen molar-refractivity contribution in [2.24, 2.45) is 5.92 Å². The molecule has 1 nitrogen and oxygen atoms in total. The first-order valence-corrected chi connectivity index (χ1v) is 6.16. The van der Waals surface area contributed by atoms with Crippen LogP contribution in [0.2, 0.25) is 0 Å². The molecule has 1 aromatic rings. The molecule has 0 bridgehead atoms. The molecule has 0 amide bonds. The second kappa shape index (κ2) is 6.70. The van der Waals surface area contributed by atoms with Crippen LogP contribution in [0.4, 0.5) is 8.78 Å². The van der Waals surface area contributed by atoms with Crippen molar-refractivity contribution in [1.82, 2.24) is 5.32 Å². The Kier molecular flexibility index (Phi) is 5.56. The van der Waals surface area contributed by atoms with E-state index < -0.39 is 11.6 Å². The molecule has 1 atom stereocenters. The van der Waals surface area contributed by atoms with Crippen LogP contribution in [0.15, 0.2) is 18.2 Å². The third-order valence-electron chi connectivity index (χ3n) is 2.80. The first-order valence-electron chi connectivity index (χ1n) is 6.16. The third kappa shape index (κ3) is 4.82. The van der Waals surface area contributed by atoms with E-state index in [4.69, 9.17) is 0 Å². The normalized spacial score (nSPS) is 13.1. The van der Waals surface area contributed by atoms with Crippen LogP contribution < -0.4 is 5.32 Å². The molecule has 1 aromatic carbocycles. The Hall–Kier alpha value is -0.960. The highest BCUT2D eigenvalue weighted by Crippen LogP contribution is 2.22. The zero-order chi connectivity index (χ0) is 12.8. The van der Waals surface area contributed by atoms with E-state index in [1.54, 1.807) is 0 Å². The molecule has 1 N–H and O–H groups in total. The molecule has 1 rings (SSSR count). The summed E-state index contributed by atoms with van der Waals surface area (Å²) >= 11 is 0. The highest BCUT2D eigenvalue weighted by molar-refractivity contribution is 5.22. The summed E-state index contributed by atoms with van der Waals surface area (Å²) in [6.07, 6.45) is 0.856. The first kappa shape index (κ1) is 14.1. The number of nitrogens with one attached hydrogen (secondary N) is 1. The minimum Gasteiger partial charge on any atom is -0.316 e. The van der Waals surface area contributed by atoms with Crippen molar-refractivity contribution < 1.29 is 8.78 Å². The average Bonchev–Trinajstić information content (AvgIpc) is 2.23. The van der Waals surface area contributed by atoms with Gasteiger partial charge in [0.25, 0.3) is 0 Å². The van der Waals surface area contributed by atoms with E-state index in [-0.39, 0.29) is 5.92 Å². The molecule has 0 aliphatic heterocycles. The minimum absolute atomic E-state index is 0.107. The Morgan fingerprint density at radius 2 is 1.88 bits per heavy atom. The van der Waals surface area contributed by atoms with Gasteiger partial charge in [-0.15, -0.1) is 0 Å². The maximum atomic E-state index is 13.5. The Morgan fingerprint density at radius 3 is 2.47 bits per heavy atom. The fraction of sp³-hybridized carbons (Fsp3) is 0.571. The molecule has 0 saturated carbocycles. The van der Waals surface area contributed by atoms with E-state index in [0.29, 0.717) is 11.5 Å². The van der Waals surface area contributed by atoms with Crippen LogP contribution in [0.3, 0.4) is 0 Å². The second-order valence-electron chi connectivity index (χ2n) is 4.95. The van der Waals surface area contributed by atoms with Crippen molar-refractivity contribution in [3.8, 4) is 0 Å². The van der Waals surface area contributed by atoms with Gasteiger partial charge in [0.05, 0.1) is 0 Å². The standard InChI is InChI=1S/C14H21F2N/c1-10(2)9-17-7-6-11(3)13-5-4-12(15)8-14(13)16/h4-5,8,10-11,17H,6-7,9H2,1-3H3. The summed E-state index contributed by atoms with van der Waals surface area (Å²) < 4.78 is 26.2. The van der Waals surface area contributed by atoms with E-state index in [1.807, 2.05) is 6.92 Å². The topological polar surface area (TPSA) is 12.0 Å². The Morgan fingerprint density at radius 1 is 1.18 bits per heavy atom. The van der Waals surface area contributed by atoms with Gasteiger partial charge in [0, 0.05) is 6.07 Å². The van der Waals surface area contributed by atoms with Gasteiger partial charge in [-0.05, 0) is 43.0 Å². The van der Waals surface area contributed by atoms with Crippen LogP contribution >= 0.6 is 0 Å². The third-order valence-corrected chi connectivity index (χ3v) is 2.80. The Bertz CT molecular complexity index is 350. The minimum atomic E-state index is -0.517. The van der Waals surface area contributed by atoms with Gasteiger partial charge in [-0.2, -0.15) is 0 Å². The quantitative estimate of drug-likeness (QED) is 0.749. The molecule has 0 spiro atoms. The summed E-state index contributed by atoms with van der Waals surface area (Å²) in [5.41, 5.74) is 0.595. The van der Waals surface area contributed by atoms with Gasteiger partial charge >= 0.3 is 0 Å². The lowest BCUT2D eigenvalue weighted by Crippen LogP contribution is -2.22. The summed E-state index contributed by atoms with van der Waals surface area (Å²) in [5.74, 6) is -0.235. The van der Waals surface area contributed by atoms with Crippen molar-refractivity contribution in [2.45, 2.75) is 33.1 Å². The molecular formula is C14H21F2N. The van der Waals surface area contributed by atoms with Crippen LogP contribution in [0.1, 0.15) is 38.7 Å². The maximum absolute atomic E-state index is 13.5. The van der Waals surface area contributed by atoms with E-state index in [2.05, 4.69) is 19.2 Å². The molecule has 0 aliphatic rings. The second-order valence-corrected chi connectivity index (χ2v) is 4.95. The molecule has 17 heavy (non-hydrogen) atoms. The largest absolute Gasteiger partial charge is 0.316 e. The summed E-state index contributed by atoms with van der Waals surface area (Å²) in [6, 6.07) is 3.81. The Balaban J connectivity index is 2.44. The van der Waals surface area contributed by atoms with Gasteiger partial charge < -0.3 is 5.32 Å². The van der Waals surface area contributed by atoms with Crippen molar-refractivity contribution in [3.05, 3.63) is 35.4 Å².